The smallest absolute Gasteiger partial charge is 0.192 e. The topological polar surface area (TPSA) is 76.0 Å². The summed E-state index contributed by atoms with van der Waals surface area (Å²) in [4.78, 5) is -1.52. The number of hydrogen-bond acceptors (Lipinski definition) is 5. The van der Waals surface area contributed by atoms with Crippen LogP contribution in [-0.4, -0.2) is 56.6 Å². The molecule has 2 rings (SSSR count). The lowest BCUT2D eigenvalue weighted by Crippen LogP contribution is -2.48. The van der Waals surface area contributed by atoms with E-state index >= 15 is 0 Å². The Morgan fingerprint density at radius 1 is 1.60 bits per heavy atom. The second kappa shape index (κ2) is 3.95. The first-order valence-electron chi connectivity index (χ1n) is 4.72. The molecule has 2 saturated heterocycles. The minimum absolute atomic E-state index is 0.0696. The lowest BCUT2D eigenvalue weighted by molar-refractivity contribution is -0.0164. The van der Waals surface area contributed by atoms with Gasteiger partial charge in [-0.05, 0) is 0 Å². The summed E-state index contributed by atoms with van der Waals surface area (Å²) >= 11 is 0. The summed E-state index contributed by atoms with van der Waals surface area (Å²) in [5, 5.41) is 19.6. The summed E-state index contributed by atoms with van der Waals surface area (Å²) in [7, 11) is -1.51. The first-order valence-corrected chi connectivity index (χ1v) is 6.04. The van der Waals surface area contributed by atoms with E-state index in [1.807, 2.05) is 0 Å². The Balaban J connectivity index is 2.16. The first kappa shape index (κ1) is 11.2. The molecule has 0 unspecified atom stereocenters. The van der Waals surface area contributed by atoms with Crippen LogP contribution in [0.2, 0.25) is 0 Å². The van der Waals surface area contributed by atoms with Crippen LogP contribution in [0.15, 0.2) is 12.7 Å². The van der Waals surface area contributed by atoms with Gasteiger partial charge in [0.05, 0.1) is 24.0 Å². The van der Waals surface area contributed by atoms with Crippen LogP contribution in [-0.2, 0) is 20.3 Å². The van der Waals surface area contributed by atoms with Gasteiger partial charge in [-0.2, -0.15) is 0 Å². The average Bonchev–Trinajstić information content (AvgIpc) is 2.72. The van der Waals surface area contributed by atoms with Crippen LogP contribution in [0.3, 0.4) is 0 Å². The average molecular weight is 234 g/mol. The van der Waals surface area contributed by atoms with Gasteiger partial charge in [-0.25, -0.2) is 0 Å². The van der Waals surface area contributed by atoms with Crippen molar-refractivity contribution in [3.8, 4) is 0 Å². The molecule has 0 aromatic rings. The van der Waals surface area contributed by atoms with E-state index in [9.17, 15) is 14.4 Å². The molecule has 2 fully saturated rings. The number of hydrogen-bond donors (Lipinski definition) is 2. The highest BCUT2D eigenvalue weighted by atomic mass is 32.2. The van der Waals surface area contributed by atoms with Gasteiger partial charge in [0.15, 0.2) is 4.93 Å². The number of ether oxygens (including phenoxy) is 2. The van der Waals surface area contributed by atoms with Crippen molar-refractivity contribution in [3.63, 3.8) is 0 Å². The van der Waals surface area contributed by atoms with E-state index in [1.165, 1.54) is 6.08 Å². The Bertz CT molecular complexity index is 294. The van der Waals surface area contributed by atoms with E-state index in [1.54, 1.807) is 0 Å². The highest BCUT2D eigenvalue weighted by Crippen LogP contribution is 2.36. The quantitative estimate of drug-likeness (QED) is 0.598. The minimum atomic E-state index is -1.52. The molecule has 0 radical (unpaired) electrons. The van der Waals surface area contributed by atoms with Gasteiger partial charge in [0, 0.05) is 5.75 Å². The van der Waals surface area contributed by atoms with Crippen molar-refractivity contribution < 1.29 is 23.9 Å². The van der Waals surface area contributed by atoms with Crippen molar-refractivity contribution in [2.45, 2.75) is 23.2 Å². The molecule has 2 N–H and O–H groups in total. The van der Waals surface area contributed by atoms with Crippen LogP contribution in [0.1, 0.15) is 0 Å². The Hall–Kier alpha value is -0.270. The largest absolute Gasteiger partial charge is 0.388 e. The fourth-order valence-electron chi connectivity index (χ4n) is 1.92. The lowest BCUT2D eigenvalue weighted by Gasteiger charge is -2.25. The molecule has 86 valence electrons. The molecular formula is C9H14O5S. The summed E-state index contributed by atoms with van der Waals surface area (Å²) in [5.74, 6) is 0.183. The van der Waals surface area contributed by atoms with Gasteiger partial charge in [-0.15, -0.1) is 6.58 Å². The van der Waals surface area contributed by atoms with Gasteiger partial charge in [0.2, 0.25) is 0 Å². The van der Waals surface area contributed by atoms with Crippen molar-refractivity contribution in [2.75, 3.05) is 19.0 Å². The van der Waals surface area contributed by atoms with E-state index in [2.05, 4.69) is 6.58 Å². The van der Waals surface area contributed by atoms with Crippen molar-refractivity contribution >= 4 is 10.8 Å². The zero-order valence-corrected chi connectivity index (χ0v) is 8.98. The number of aliphatic hydroxyl groups excluding tert-OH is 1. The molecule has 0 bridgehead atoms. The fourth-order valence-corrected chi connectivity index (χ4v) is 3.09. The molecule has 0 spiro atoms. The van der Waals surface area contributed by atoms with Crippen molar-refractivity contribution in [1.29, 1.82) is 0 Å². The normalized spacial score (nSPS) is 46.4. The van der Waals surface area contributed by atoms with Crippen LogP contribution in [0.4, 0.5) is 0 Å². The number of rotatable bonds is 3. The summed E-state index contributed by atoms with van der Waals surface area (Å²) in [6.07, 6.45) is -0.533. The molecule has 2 aliphatic heterocycles. The maximum absolute atomic E-state index is 11.8. The molecular weight excluding hydrogens is 220 g/mol. The monoisotopic (exact) mass is 234 g/mol. The molecule has 0 amide bonds. The molecule has 6 heteroatoms. The minimum Gasteiger partial charge on any atom is -0.388 e. The van der Waals surface area contributed by atoms with E-state index in [-0.39, 0.29) is 19.0 Å². The predicted octanol–water partition coefficient (Wildman–Crippen LogP) is -1.23. The second-order valence-corrected chi connectivity index (χ2v) is 5.47. The highest BCUT2D eigenvalue weighted by molar-refractivity contribution is 7.86. The summed E-state index contributed by atoms with van der Waals surface area (Å²) in [6.45, 7) is 3.51. The maximum atomic E-state index is 11.8. The predicted molar refractivity (Wildman–Crippen MR) is 53.6 cm³/mol. The Labute approximate surface area is 90.1 Å². The number of fused-ring (bicyclic) bond motifs is 1. The van der Waals surface area contributed by atoms with Crippen molar-refractivity contribution in [1.82, 2.24) is 0 Å². The Morgan fingerprint density at radius 2 is 2.33 bits per heavy atom. The second-order valence-electron chi connectivity index (χ2n) is 3.74. The first-order chi connectivity index (χ1) is 7.09. The Kier molecular flexibility index (Phi) is 2.96. The van der Waals surface area contributed by atoms with Gasteiger partial charge >= 0.3 is 0 Å². The van der Waals surface area contributed by atoms with Crippen LogP contribution in [0.25, 0.3) is 0 Å². The summed E-state index contributed by atoms with van der Waals surface area (Å²) in [6, 6.07) is 0. The Morgan fingerprint density at radius 3 is 3.00 bits per heavy atom. The standard InChI is InChI=1S/C9H14O5S/c1-2-3-15(12)9(11)5-14-7-6(10)4-13-8(7)9/h2,6-8,10-11H,1,3-5H2/t6-,7-,8+,9-,15+/m1/s1. The van der Waals surface area contributed by atoms with Gasteiger partial charge in [-0.1, -0.05) is 6.08 Å². The van der Waals surface area contributed by atoms with E-state index < -0.39 is 34.0 Å². The molecule has 2 heterocycles. The molecule has 0 aliphatic carbocycles. The van der Waals surface area contributed by atoms with Crippen LogP contribution < -0.4 is 0 Å². The molecule has 5 atom stereocenters. The van der Waals surface area contributed by atoms with Crippen molar-refractivity contribution in [2.24, 2.45) is 0 Å². The fraction of sp³-hybridized carbons (Fsp3) is 0.778. The van der Waals surface area contributed by atoms with Gasteiger partial charge in [-0.3, -0.25) is 4.21 Å². The van der Waals surface area contributed by atoms with Crippen LogP contribution in [0.5, 0.6) is 0 Å². The van der Waals surface area contributed by atoms with E-state index in [4.69, 9.17) is 9.47 Å². The van der Waals surface area contributed by atoms with Gasteiger partial charge < -0.3 is 19.7 Å². The maximum Gasteiger partial charge on any atom is 0.192 e. The van der Waals surface area contributed by atoms with Gasteiger partial charge in [0.25, 0.3) is 0 Å². The lowest BCUT2D eigenvalue weighted by atomic mass is 10.1. The van der Waals surface area contributed by atoms with Gasteiger partial charge in [0.1, 0.15) is 18.3 Å². The van der Waals surface area contributed by atoms with E-state index in [0.717, 1.165) is 0 Å². The SMILES string of the molecule is C=CC[S@](=O)[C@]1(O)CO[C@@H]2[C@H](O)CO[C@@H]21. The highest BCUT2D eigenvalue weighted by Gasteiger charge is 2.58. The molecule has 0 saturated carbocycles. The zero-order chi connectivity index (χ0) is 11.1. The third-order valence-electron chi connectivity index (χ3n) is 2.71. The van der Waals surface area contributed by atoms with Crippen LogP contribution in [0, 0.1) is 0 Å². The molecule has 2 aliphatic rings. The summed E-state index contributed by atoms with van der Waals surface area (Å²) < 4.78 is 22.2. The zero-order valence-electron chi connectivity index (χ0n) is 8.17. The third-order valence-corrected chi connectivity index (χ3v) is 4.39. The van der Waals surface area contributed by atoms with E-state index in [0.29, 0.717) is 0 Å². The van der Waals surface area contributed by atoms with Crippen molar-refractivity contribution in [3.05, 3.63) is 12.7 Å². The summed E-state index contributed by atoms with van der Waals surface area (Å²) in [5.41, 5.74) is 0. The molecule has 0 aromatic carbocycles. The third kappa shape index (κ3) is 1.66. The molecule has 5 nitrogen and oxygen atoms in total. The van der Waals surface area contributed by atoms with Crippen LogP contribution >= 0.6 is 0 Å². The molecule has 0 aromatic heterocycles. The number of aliphatic hydroxyl groups is 2. The molecule has 15 heavy (non-hydrogen) atoms.